The van der Waals surface area contributed by atoms with Gasteiger partial charge >= 0.3 is 39.5 Å². The molecule has 2 unspecified atom stereocenters. The van der Waals surface area contributed by atoms with Gasteiger partial charge in [0.15, 0.2) is 12.2 Å². The second kappa shape index (κ2) is 60.6. The fourth-order valence-electron chi connectivity index (χ4n) is 10.1. The number of phosphoric ester groups is 2. The molecule has 0 bridgehead atoms. The number of aliphatic hydroxyl groups excluding tert-OH is 1. The summed E-state index contributed by atoms with van der Waals surface area (Å²) in [5, 5.41) is 10.6. The average molecular weight is 1270 g/mol. The molecule has 0 aromatic carbocycles. The Kier molecular flexibility index (Phi) is 59.2. The van der Waals surface area contributed by atoms with Gasteiger partial charge in [-0.1, -0.05) is 291 Å². The maximum Gasteiger partial charge on any atom is 0.472 e. The SMILES string of the molecule is CCCCCCCCCCCCCCCC(=O)OC[C@H](COP(=O)(O)OC[C@@H](O)COP(=O)(O)OC[C@@H](COC(=O)CCCCCCCCCCC)OC(=O)CCCCCCCCCCC(C)C)OC(=O)CCCCCCCCCCCCCCC. The zero-order valence-corrected chi connectivity index (χ0v) is 57.2. The van der Waals surface area contributed by atoms with Gasteiger partial charge in [-0.15, -0.1) is 0 Å². The second-order valence-electron chi connectivity index (χ2n) is 24.7. The van der Waals surface area contributed by atoms with Gasteiger partial charge in [-0.05, 0) is 31.6 Å². The van der Waals surface area contributed by atoms with Crippen molar-refractivity contribution in [2.75, 3.05) is 39.6 Å². The van der Waals surface area contributed by atoms with Gasteiger partial charge in [0.1, 0.15) is 19.3 Å². The number of hydrogen-bond acceptors (Lipinski definition) is 15. The molecule has 0 heterocycles. The lowest BCUT2D eigenvalue weighted by molar-refractivity contribution is -0.161. The van der Waals surface area contributed by atoms with E-state index >= 15 is 0 Å². The molecule has 0 aliphatic rings. The molecule has 0 aromatic rings. The highest BCUT2D eigenvalue weighted by Crippen LogP contribution is 2.45. The fraction of sp³-hybridized carbons (Fsp3) is 0.940. The second-order valence-corrected chi connectivity index (χ2v) is 27.6. The highest BCUT2D eigenvalue weighted by molar-refractivity contribution is 7.47. The predicted molar refractivity (Wildman–Crippen MR) is 345 cm³/mol. The summed E-state index contributed by atoms with van der Waals surface area (Å²) in [6.07, 6.45) is 45.7. The standard InChI is InChI=1S/C67H130O17P2/c1-6-9-12-15-18-21-23-25-27-30-36-41-46-51-65(70)78-57-62(83-66(71)52-47-42-37-31-28-26-24-22-19-16-13-10-7-2)58-81-85(73,74)79-54-61(68)55-80-86(75,76)82-59-63(56-77-64(69)50-45-40-35-29-20-17-14-11-8-3)84-67(72)53-48-43-38-33-32-34-39-44-49-60(4)5/h60-63,68H,6-59H2,1-5H3,(H,73,74)(H,75,76)/t61-,62-,63-/m1/s1. The highest BCUT2D eigenvalue weighted by atomic mass is 31.2. The van der Waals surface area contributed by atoms with Crippen molar-refractivity contribution in [1.29, 1.82) is 0 Å². The summed E-state index contributed by atoms with van der Waals surface area (Å²) in [4.78, 5) is 72.3. The first kappa shape index (κ1) is 84.1. The number of hydrogen-bond donors (Lipinski definition) is 3. The number of carbonyl (C=O) groups excluding carboxylic acids is 4. The third-order valence-electron chi connectivity index (χ3n) is 15.5. The number of phosphoric acid groups is 2. The van der Waals surface area contributed by atoms with E-state index < -0.39 is 97.5 Å². The lowest BCUT2D eigenvalue weighted by Gasteiger charge is -2.21. The van der Waals surface area contributed by atoms with Crippen molar-refractivity contribution in [3.05, 3.63) is 0 Å². The molecule has 0 rings (SSSR count). The topological polar surface area (TPSA) is 237 Å². The Morgan fingerprint density at radius 3 is 0.791 bits per heavy atom. The molecular weight excluding hydrogens is 1140 g/mol. The molecule has 17 nitrogen and oxygen atoms in total. The molecule has 0 saturated heterocycles. The van der Waals surface area contributed by atoms with Gasteiger partial charge in [0.2, 0.25) is 0 Å². The van der Waals surface area contributed by atoms with E-state index in [0.717, 1.165) is 95.8 Å². The van der Waals surface area contributed by atoms with E-state index in [9.17, 15) is 43.2 Å². The van der Waals surface area contributed by atoms with Gasteiger partial charge in [-0.2, -0.15) is 0 Å². The lowest BCUT2D eigenvalue weighted by Crippen LogP contribution is -2.30. The normalized spacial score (nSPS) is 14.2. The van der Waals surface area contributed by atoms with Gasteiger partial charge in [-0.3, -0.25) is 37.3 Å². The average Bonchev–Trinajstić information content (AvgIpc) is 3.54. The Hall–Kier alpha value is -1.94. The van der Waals surface area contributed by atoms with E-state index in [1.807, 2.05) is 0 Å². The molecule has 0 radical (unpaired) electrons. The monoisotopic (exact) mass is 1270 g/mol. The minimum absolute atomic E-state index is 0.105. The van der Waals surface area contributed by atoms with Crippen LogP contribution in [0.3, 0.4) is 0 Å². The summed E-state index contributed by atoms with van der Waals surface area (Å²) in [7, 11) is -9.89. The molecule has 3 N–H and O–H groups in total. The van der Waals surface area contributed by atoms with Crippen LogP contribution in [0.5, 0.6) is 0 Å². The van der Waals surface area contributed by atoms with E-state index in [-0.39, 0.29) is 25.7 Å². The summed E-state index contributed by atoms with van der Waals surface area (Å²) in [6.45, 7) is 7.17. The molecule has 0 aliphatic heterocycles. The molecule has 0 fully saturated rings. The van der Waals surface area contributed by atoms with Crippen molar-refractivity contribution in [3.8, 4) is 0 Å². The largest absolute Gasteiger partial charge is 0.472 e. The van der Waals surface area contributed by atoms with Crippen LogP contribution in [-0.2, 0) is 65.4 Å². The quantitative estimate of drug-likeness (QED) is 0.0222. The molecular formula is C67H130O17P2. The van der Waals surface area contributed by atoms with Crippen LogP contribution in [0.25, 0.3) is 0 Å². The number of rotatable bonds is 67. The Bertz CT molecular complexity index is 1670. The molecule has 0 spiro atoms. The minimum Gasteiger partial charge on any atom is -0.462 e. The summed E-state index contributed by atoms with van der Waals surface area (Å²) in [6, 6.07) is 0. The summed E-state index contributed by atoms with van der Waals surface area (Å²) in [5.41, 5.74) is 0. The van der Waals surface area contributed by atoms with Gasteiger partial charge in [0.25, 0.3) is 0 Å². The van der Waals surface area contributed by atoms with E-state index in [1.54, 1.807) is 0 Å². The van der Waals surface area contributed by atoms with Gasteiger partial charge in [0, 0.05) is 25.7 Å². The third-order valence-corrected chi connectivity index (χ3v) is 17.4. The van der Waals surface area contributed by atoms with Crippen LogP contribution in [0, 0.1) is 5.92 Å². The highest BCUT2D eigenvalue weighted by Gasteiger charge is 2.30. The zero-order chi connectivity index (χ0) is 63.5. The van der Waals surface area contributed by atoms with E-state index in [0.29, 0.717) is 25.7 Å². The van der Waals surface area contributed by atoms with Crippen molar-refractivity contribution in [2.24, 2.45) is 5.92 Å². The Labute approximate surface area is 524 Å². The zero-order valence-electron chi connectivity index (χ0n) is 55.4. The van der Waals surface area contributed by atoms with Crippen molar-refractivity contribution < 1.29 is 80.2 Å². The first-order valence-electron chi connectivity index (χ1n) is 35.1. The van der Waals surface area contributed by atoms with Crippen LogP contribution in [0.4, 0.5) is 0 Å². The number of carbonyl (C=O) groups is 4. The van der Waals surface area contributed by atoms with Gasteiger partial charge < -0.3 is 33.8 Å². The minimum atomic E-state index is -4.95. The van der Waals surface area contributed by atoms with Crippen LogP contribution in [0.15, 0.2) is 0 Å². The van der Waals surface area contributed by atoms with Crippen LogP contribution < -0.4 is 0 Å². The summed E-state index contributed by atoms with van der Waals surface area (Å²) in [5.74, 6) is -1.41. The van der Waals surface area contributed by atoms with Crippen LogP contribution in [0.2, 0.25) is 0 Å². The fourth-order valence-corrected chi connectivity index (χ4v) is 11.7. The maximum absolute atomic E-state index is 13.0. The molecule has 0 saturated carbocycles. The van der Waals surface area contributed by atoms with Gasteiger partial charge in [-0.25, -0.2) is 9.13 Å². The Morgan fingerprint density at radius 2 is 0.535 bits per heavy atom. The third kappa shape index (κ3) is 60.9. The number of aliphatic hydroxyl groups is 1. The molecule has 5 atom stereocenters. The predicted octanol–water partition coefficient (Wildman–Crippen LogP) is 19.0. The van der Waals surface area contributed by atoms with Crippen LogP contribution >= 0.6 is 15.6 Å². The molecule has 0 aromatic heterocycles. The van der Waals surface area contributed by atoms with Crippen molar-refractivity contribution in [2.45, 2.75) is 361 Å². The van der Waals surface area contributed by atoms with Crippen molar-refractivity contribution in [1.82, 2.24) is 0 Å². The first-order valence-corrected chi connectivity index (χ1v) is 38.1. The number of esters is 4. The van der Waals surface area contributed by atoms with Gasteiger partial charge in [0.05, 0.1) is 26.4 Å². The van der Waals surface area contributed by atoms with E-state index in [2.05, 4.69) is 34.6 Å². The van der Waals surface area contributed by atoms with Crippen LogP contribution in [-0.4, -0.2) is 96.7 Å². The lowest BCUT2D eigenvalue weighted by atomic mass is 10.0. The molecule has 19 heteroatoms. The molecule has 0 amide bonds. The summed E-state index contributed by atoms with van der Waals surface area (Å²) < 4.78 is 68.1. The maximum atomic E-state index is 13.0. The van der Waals surface area contributed by atoms with Crippen molar-refractivity contribution in [3.63, 3.8) is 0 Å². The molecule has 0 aliphatic carbocycles. The van der Waals surface area contributed by atoms with E-state index in [4.69, 9.17) is 37.0 Å². The van der Waals surface area contributed by atoms with Crippen molar-refractivity contribution >= 4 is 39.5 Å². The number of unbranched alkanes of at least 4 members (excludes halogenated alkanes) is 39. The number of ether oxygens (including phenoxy) is 4. The van der Waals surface area contributed by atoms with E-state index in [1.165, 1.54) is 167 Å². The Balaban J connectivity index is 5.24. The molecule has 510 valence electrons. The first-order chi connectivity index (χ1) is 41.5. The van der Waals surface area contributed by atoms with Crippen LogP contribution in [0.1, 0.15) is 343 Å². The molecule has 86 heavy (non-hydrogen) atoms. The Morgan fingerprint density at radius 1 is 0.314 bits per heavy atom. The smallest absolute Gasteiger partial charge is 0.462 e. The summed E-state index contributed by atoms with van der Waals surface area (Å²) >= 11 is 0.